The Morgan fingerprint density at radius 1 is 1.17 bits per heavy atom. The predicted molar refractivity (Wildman–Crippen MR) is 78.2 cm³/mol. The topological polar surface area (TPSA) is 21.3 Å². The summed E-state index contributed by atoms with van der Waals surface area (Å²) in [5.74, 6) is 0.998. The number of hydrogen-bond acceptors (Lipinski definition) is 2. The van der Waals surface area contributed by atoms with Gasteiger partial charge >= 0.3 is 0 Å². The van der Waals surface area contributed by atoms with Gasteiger partial charge in [-0.2, -0.15) is 0 Å². The lowest BCUT2D eigenvalue weighted by atomic mass is 10.0. The lowest BCUT2D eigenvalue weighted by molar-refractivity contribution is 0.308. The maximum absolute atomic E-state index is 5.76. The standard InChI is InChI=1S/C16H27NO/c1-4-7-12-18-15-10-8-9-14(13-15)16(6-3)17-11-5-2/h8-10,13,16-17H,4-7,11-12H2,1-3H3. The molecule has 0 spiro atoms. The fraction of sp³-hybridized carbons (Fsp3) is 0.625. The molecule has 0 heterocycles. The number of benzene rings is 1. The fourth-order valence-corrected chi connectivity index (χ4v) is 1.97. The first-order valence-electron chi connectivity index (χ1n) is 7.27. The summed E-state index contributed by atoms with van der Waals surface area (Å²) < 4.78 is 5.76. The molecule has 0 saturated heterocycles. The van der Waals surface area contributed by atoms with Gasteiger partial charge in [-0.25, -0.2) is 0 Å². The molecule has 0 aliphatic carbocycles. The summed E-state index contributed by atoms with van der Waals surface area (Å²) >= 11 is 0. The van der Waals surface area contributed by atoms with Crippen molar-refractivity contribution >= 4 is 0 Å². The highest BCUT2D eigenvalue weighted by Gasteiger charge is 2.08. The van der Waals surface area contributed by atoms with E-state index in [9.17, 15) is 0 Å². The molecule has 0 amide bonds. The normalized spacial score (nSPS) is 12.4. The van der Waals surface area contributed by atoms with Crippen LogP contribution >= 0.6 is 0 Å². The number of hydrogen-bond donors (Lipinski definition) is 1. The zero-order valence-corrected chi connectivity index (χ0v) is 12.0. The Hall–Kier alpha value is -1.02. The molecular formula is C16H27NO. The van der Waals surface area contributed by atoms with Crippen molar-refractivity contribution < 1.29 is 4.74 Å². The first-order chi connectivity index (χ1) is 8.81. The molecule has 0 aliphatic heterocycles. The van der Waals surface area contributed by atoms with Crippen molar-refractivity contribution in [2.75, 3.05) is 13.2 Å². The molecular weight excluding hydrogens is 222 g/mol. The molecule has 0 radical (unpaired) electrons. The molecule has 102 valence electrons. The van der Waals surface area contributed by atoms with E-state index in [1.807, 2.05) is 6.07 Å². The van der Waals surface area contributed by atoms with Crippen molar-refractivity contribution in [2.45, 2.75) is 52.5 Å². The minimum atomic E-state index is 0.444. The van der Waals surface area contributed by atoms with Crippen LogP contribution in [0.4, 0.5) is 0 Å². The van der Waals surface area contributed by atoms with Crippen LogP contribution in [-0.2, 0) is 0 Å². The van der Waals surface area contributed by atoms with Gasteiger partial charge in [0.1, 0.15) is 5.75 Å². The minimum absolute atomic E-state index is 0.444. The van der Waals surface area contributed by atoms with Crippen LogP contribution in [0.15, 0.2) is 24.3 Å². The Balaban J connectivity index is 2.60. The molecule has 0 aromatic heterocycles. The van der Waals surface area contributed by atoms with E-state index in [4.69, 9.17) is 4.74 Å². The monoisotopic (exact) mass is 249 g/mol. The van der Waals surface area contributed by atoms with Crippen LogP contribution in [0.5, 0.6) is 5.75 Å². The van der Waals surface area contributed by atoms with Crippen molar-refractivity contribution in [2.24, 2.45) is 0 Å². The Bertz CT molecular complexity index is 325. The van der Waals surface area contributed by atoms with Crippen molar-refractivity contribution in [1.82, 2.24) is 5.32 Å². The number of nitrogens with one attached hydrogen (secondary N) is 1. The lowest BCUT2D eigenvalue weighted by Crippen LogP contribution is -2.21. The molecule has 1 aromatic carbocycles. The van der Waals surface area contributed by atoms with Gasteiger partial charge in [0, 0.05) is 6.04 Å². The molecule has 2 heteroatoms. The van der Waals surface area contributed by atoms with Crippen LogP contribution in [0.2, 0.25) is 0 Å². The second-order valence-electron chi connectivity index (χ2n) is 4.69. The van der Waals surface area contributed by atoms with Gasteiger partial charge in [0.15, 0.2) is 0 Å². The van der Waals surface area contributed by atoms with Crippen LogP contribution in [0.1, 0.15) is 58.1 Å². The summed E-state index contributed by atoms with van der Waals surface area (Å²) in [7, 11) is 0. The third-order valence-electron chi connectivity index (χ3n) is 3.08. The zero-order chi connectivity index (χ0) is 13.2. The van der Waals surface area contributed by atoms with E-state index in [1.54, 1.807) is 0 Å². The van der Waals surface area contributed by atoms with E-state index in [-0.39, 0.29) is 0 Å². The Morgan fingerprint density at radius 3 is 2.67 bits per heavy atom. The highest BCUT2D eigenvalue weighted by Crippen LogP contribution is 2.21. The van der Waals surface area contributed by atoms with E-state index < -0.39 is 0 Å². The summed E-state index contributed by atoms with van der Waals surface area (Å²) in [5, 5.41) is 3.57. The van der Waals surface area contributed by atoms with Crippen molar-refractivity contribution in [3.05, 3.63) is 29.8 Å². The van der Waals surface area contributed by atoms with E-state index in [1.165, 1.54) is 18.4 Å². The molecule has 1 N–H and O–H groups in total. The quantitative estimate of drug-likeness (QED) is 0.658. The molecule has 0 bridgehead atoms. The second kappa shape index (κ2) is 8.98. The van der Waals surface area contributed by atoms with Gasteiger partial charge in [0.2, 0.25) is 0 Å². The van der Waals surface area contributed by atoms with Crippen molar-refractivity contribution in [3.8, 4) is 5.75 Å². The lowest BCUT2D eigenvalue weighted by Gasteiger charge is -2.18. The van der Waals surface area contributed by atoms with Gasteiger partial charge < -0.3 is 10.1 Å². The number of unbranched alkanes of at least 4 members (excludes halogenated alkanes) is 1. The summed E-state index contributed by atoms with van der Waals surface area (Å²) in [6.45, 7) is 8.49. The van der Waals surface area contributed by atoms with Crippen molar-refractivity contribution in [1.29, 1.82) is 0 Å². The third-order valence-corrected chi connectivity index (χ3v) is 3.08. The molecule has 1 atom stereocenters. The zero-order valence-electron chi connectivity index (χ0n) is 12.0. The highest BCUT2D eigenvalue weighted by atomic mass is 16.5. The van der Waals surface area contributed by atoms with Gasteiger partial charge in [-0.15, -0.1) is 0 Å². The first-order valence-corrected chi connectivity index (χ1v) is 7.27. The Morgan fingerprint density at radius 2 is 2.00 bits per heavy atom. The summed E-state index contributed by atoms with van der Waals surface area (Å²) in [5.41, 5.74) is 1.33. The van der Waals surface area contributed by atoms with Gasteiger partial charge in [-0.1, -0.05) is 39.3 Å². The molecule has 1 unspecified atom stereocenters. The molecule has 0 fully saturated rings. The van der Waals surface area contributed by atoms with Crippen LogP contribution in [0.25, 0.3) is 0 Å². The SMILES string of the molecule is CCCCOc1cccc(C(CC)NCCC)c1. The molecule has 18 heavy (non-hydrogen) atoms. The molecule has 1 rings (SSSR count). The maximum atomic E-state index is 5.76. The molecule has 0 saturated carbocycles. The Kier molecular flexibility index (Phi) is 7.51. The van der Waals surface area contributed by atoms with E-state index in [0.29, 0.717) is 6.04 Å². The van der Waals surface area contributed by atoms with Gasteiger partial charge in [-0.05, 0) is 43.5 Å². The van der Waals surface area contributed by atoms with Crippen LogP contribution in [-0.4, -0.2) is 13.2 Å². The first kappa shape index (κ1) is 15.0. The van der Waals surface area contributed by atoms with Gasteiger partial charge in [-0.3, -0.25) is 0 Å². The summed E-state index contributed by atoms with van der Waals surface area (Å²) in [6.07, 6.45) is 4.58. The van der Waals surface area contributed by atoms with Crippen LogP contribution in [0.3, 0.4) is 0 Å². The van der Waals surface area contributed by atoms with Crippen molar-refractivity contribution in [3.63, 3.8) is 0 Å². The smallest absolute Gasteiger partial charge is 0.119 e. The minimum Gasteiger partial charge on any atom is -0.494 e. The molecule has 0 aliphatic rings. The predicted octanol–water partition coefficient (Wildman–Crippen LogP) is 4.32. The largest absolute Gasteiger partial charge is 0.494 e. The van der Waals surface area contributed by atoms with E-state index in [2.05, 4.69) is 44.3 Å². The maximum Gasteiger partial charge on any atom is 0.119 e. The summed E-state index contributed by atoms with van der Waals surface area (Å²) in [6, 6.07) is 8.94. The Labute approximate surface area is 112 Å². The number of ether oxygens (including phenoxy) is 1. The molecule has 1 aromatic rings. The number of rotatable bonds is 9. The van der Waals surface area contributed by atoms with Gasteiger partial charge in [0.05, 0.1) is 6.61 Å². The fourth-order valence-electron chi connectivity index (χ4n) is 1.97. The van der Waals surface area contributed by atoms with Gasteiger partial charge in [0.25, 0.3) is 0 Å². The van der Waals surface area contributed by atoms with Crippen LogP contribution in [0, 0.1) is 0 Å². The van der Waals surface area contributed by atoms with Crippen LogP contribution < -0.4 is 10.1 Å². The second-order valence-corrected chi connectivity index (χ2v) is 4.69. The summed E-state index contributed by atoms with van der Waals surface area (Å²) in [4.78, 5) is 0. The average Bonchev–Trinajstić information content (AvgIpc) is 2.40. The third kappa shape index (κ3) is 5.09. The average molecular weight is 249 g/mol. The van der Waals surface area contributed by atoms with E-state index >= 15 is 0 Å². The van der Waals surface area contributed by atoms with E-state index in [0.717, 1.165) is 31.7 Å². The highest BCUT2D eigenvalue weighted by molar-refractivity contribution is 5.30. The molecule has 2 nitrogen and oxygen atoms in total.